The number of nitrogens with zero attached hydrogens (tertiary/aromatic N) is 2. The van der Waals surface area contributed by atoms with E-state index in [2.05, 4.69) is 34.4 Å². The van der Waals surface area contributed by atoms with Crippen molar-refractivity contribution >= 4 is 39.8 Å². The Bertz CT molecular complexity index is 692. The summed E-state index contributed by atoms with van der Waals surface area (Å²) in [5.74, 6) is 0.909. The summed E-state index contributed by atoms with van der Waals surface area (Å²) in [7, 11) is -3.00. The molecule has 8 heteroatoms. The van der Waals surface area contributed by atoms with Crippen molar-refractivity contribution < 1.29 is 8.42 Å². The molecule has 1 aromatic carbocycles. The van der Waals surface area contributed by atoms with Crippen molar-refractivity contribution in [2.75, 3.05) is 32.4 Å². The molecule has 0 aliphatic carbocycles. The van der Waals surface area contributed by atoms with E-state index < -0.39 is 9.84 Å². The molecule has 1 aliphatic heterocycles. The lowest BCUT2D eigenvalue weighted by Crippen LogP contribution is -2.44. The Hall–Kier alpha value is -0.870. The fourth-order valence-corrected chi connectivity index (χ4v) is 4.11. The van der Waals surface area contributed by atoms with E-state index in [4.69, 9.17) is 0 Å². The highest BCUT2D eigenvalue weighted by atomic mass is 127. The van der Waals surface area contributed by atoms with E-state index in [1.54, 1.807) is 0 Å². The zero-order valence-electron chi connectivity index (χ0n) is 16.6. The fourth-order valence-electron chi connectivity index (χ4n) is 3.31. The van der Waals surface area contributed by atoms with Crippen LogP contribution in [0, 0.1) is 0 Å². The maximum Gasteiger partial charge on any atom is 0.191 e. The lowest BCUT2D eigenvalue weighted by Gasteiger charge is -2.24. The van der Waals surface area contributed by atoms with Gasteiger partial charge in [0.15, 0.2) is 15.8 Å². The molecule has 1 aromatic rings. The van der Waals surface area contributed by atoms with E-state index >= 15 is 0 Å². The summed E-state index contributed by atoms with van der Waals surface area (Å²) in [4.78, 5) is 7.17. The van der Waals surface area contributed by atoms with Gasteiger partial charge in [-0.25, -0.2) is 13.4 Å². The third-order valence-electron chi connectivity index (χ3n) is 4.63. The van der Waals surface area contributed by atoms with Gasteiger partial charge >= 0.3 is 0 Å². The normalized spacial score (nSPS) is 18.2. The summed E-state index contributed by atoms with van der Waals surface area (Å²) in [6.07, 6.45) is 3.76. The van der Waals surface area contributed by atoms with E-state index in [0.717, 1.165) is 36.7 Å². The predicted octanol–water partition coefficient (Wildman–Crippen LogP) is 2.39. The molecule has 1 fully saturated rings. The molecule has 1 saturated heterocycles. The highest BCUT2D eigenvalue weighted by Gasteiger charge is 2.22. The number of aliphatic imine (C=N–C) groups is 1. The molecular formula is C19H33IN4O2S. The van der Waals surface area contributed by atoms with Crippen LogP contribution in [0.15, 0.2) is 29.3 Å². The molecule has 154 valence electrons. The smallest absolute Gasteiger partial charge is 0.191 e. The Kier molecular flexibility index (Phi) is 10.6. The Morgan fingerprint density at radius 3 is 2.44 bits per heavy atom. The number of halogens is 1. The van der Waals surface area contributed by atoms with Crippen molar-refractivity contribution in [3.05, 3.63) is 35.4 Å². The van der Waals surface area contributed by atoms with Crippen LogP contribution in [-0.4, -0.2) is 57.8 Å². The average Bonchev–Trinajstić information content (AvgIpc) is 3.05. The van der Waals surface area contributed by atoms with Crippen molar-refractivity contribution in [2.45, 2.75) is 45.0 Å². The quantitative estimate of drug-likeness (QED) is 0.321. The molecule has 0 spiro atoms. The number of guanidine groups is 1. The minimum absolute atomic E-state index is 0. The second kappa shape index (κ2) is 11.9. The van der Waals surface area contributed by atoms with Gasteiger partial charge in [-0.15, -0.1) is 24.0 Å². The number of sulfone groups is 1. The van der Waals surface area contributed by atoms with Gasteiger partial charge in [-0.1, -0.05) is 31.2 Å². The van der Waals surface area contributed by atoms with Crippen molar-refractivity contribution in [3.63, 3.8) is 0 Å². The molecule has 1 unspecified atom stereocenters. The lowest BCUT2D eigenvalue weighted by atomic mass is 10.1. The molecule has 1 aliphatic rings. The standard InChI is InChI=1S/C19H32N4O2S.HI/c1-4-20-19(22-14-18-7-6-12-23(18)5-2)21-13-16-8-10-17(11-9-16)15-26(3,24)25;/h8-11,18H,4-7,12-15H2,1-3H3,(H2,20,21,22);1H. The molecule has 2 rings (SSSR count). The molecular weight excluding hydrogens is 475 g/mol. The van der Waals surface area contributed by atoms with Gasteiger partial charge in [0.25, 0.3) is 0 Å². The number of nitrogens with one attached hydrogen (secondary N) is 2. The zero-order chi connectivity index (χ0) is 19.0. The van der Waals surface area contributed by atoms with Crippen LogP contribution in [0.1, 0.15) is 37.8 Å². The highest BCUT2D eigenvalue weighted by Crippen LogP contribution is 2.15. The average molecular weight is 508 g/mol. The van der Waals surface area contributed by atoms with Crippen molar-refractivity contribution in [1.82, 2.24) is 15.5 Å². The van der Waals surface area contributed by atoms with Crippen LogP contribution >= 0.6 is 24.0 Å². The van der Waals surface area contributed by atoms with Gasteiger partial charge in [0.2, 0.25) is 0 Å². The SMILES string of the molecule is CCNC(=NCc1ccc(CS(C)(=O)=O)cc1)NCC1CCCN1CC.I. The molecule has 1 atom stereocenters. The molecule has 1 heterocycles. The van der Waals surface area contributed by atoms with Crippen molar-refractivity contribution in [2.24, 2.45) is 4.99 Å². The molecule has 6 nitrogen and oxygen atoms in total. The fraction of sp³-hybridized carbons (Fsp3) is 0.632. The summed E-state index contributed by atoms with van der Waals surface area (Å²) in [5.41, 5.74) is 1.88. The Morgan fingerprint density at radius 2 is 1.85 bits per heavy atom. The number of likely N-dealkylation sites (tertiary alicyclic amines) is 1. The molecule has 2 N–H and O–H groups in total. The van der Waals surface area contributed by atoms with E-state index in [0.29, 0.717) is 12.6 Å². The third-order valence-corrected chi connectivity index (χ3v) is 5.48. The first-order valence-electron chi connectivity index (χ1n) is 9.43. The minimum atomic E-state index is -3.00. The monoisotopic (exact) mass is 508 g/mol. The van der Waals surface area contributed by atoms with Crippen LogP contribution in [0.2, 0.25) is 0 Å². The molecule has 27 heavy (non-hydrogen) atoms. The number of rotatable bonds is 8. The molecule has 0 bridgehead atoms. The second-order valence-electron chi connectivity index (χ2n) is 6.89. The third kappa shape index (κ3) is 8.78. The van der Waals surface area contributed by atoms with Gasteiger partial charge < -0.3 is 10.6 Å². The highest BCUT2D eigenvalue weighted by molar-refractivity contribution is 14.0. The van der Waals surface area contributed by atoms with Crippen LogP contribution in [0.3, 0.4) is 0 Å². The van der Waals surface area contributed by atoms with Gasteiger partial charge in [0.05, 0.1) is 12.3 Å². The first-order valence-corrected chi connectivity index (χ1v) is 11.5. The largest absolute Gasteiger partial charge is 0.357 e. The van der Waals surface area contributed by atoms with Crippen LogP contribution in [-0.2, 0) is 22.1 Å². The molecule has 0 radical (unpaired) electrons. The molecule has 0 saturated carbocycles. The van der Waals surface area contributed by atoms with Gasteiger partial charge in [-0.2, -0.15) is 0 Å². The van der Waals surface area contributed by atoms with Gasteiger partial charge in [0, 0.05) is 25.4 Å². The minimum Gasteiger partial charge on any atom is -0.357 e. The first kappa shape index (κ1) is 24.2. The van der Waals surface area contributed by atoms with Crippen LogP contribution in [0.4, 0.5) is 0 Å². The summed E-state index contributed by atoms with van der Waals surface area (Å²) in [6, 6.07) is 8.21. The lowest BCUT2D eigenvalue weighted by molar-refractivity contribution is 0.267. The second-order valence-corrected chi connectivity index (χ2v) is 9.03. The first-order chi connectivity index (χ1) is 12.4. The Labute approximate surface area is 181 Å². The van der Waals surface area contributed by atoms with E-state index in [-0.39, 0.29) is 29.7 Å². The Morgan fingerprint density at radius 1 is 1.19 bits per heavy atom. The number of likely N-dealkylation sites (N-methyl/N-ethyl adjacent to an activating group) is 1. The molecule has 0 aromatic heterocycles. The van der Waals surface area contributed by atoms with Crippen LogP contribution in [0.5, 0.6) is 0 Å². The topological polar surface area (TPSA) is 73.8 Å². The van der Waals surface area contributed by atoms with E-state index in [9.17, 15) is 8.42 Å². The van der Waals surface area contributed by atoms with Gasteiger partial charge in [-0.3, -0.25) is 4.90 Å². The van der Waals surface area contributed by atoms with Gasteiger partial charge in [0.1, 0.15) is 0 Å². The maximum absolute atomic E-state index is 11.4. The number of hydrogen-bond acceptors (Lipinski definition) is 4. The van der Waals surface area contributed by atoms with E-state index in [1.165, 1.54) is 25.6 Å². The number of hydrogen-bond donors (Lipinski definition) is 2. The summed E-state index contributed by atoms with van der Waals surface area (Å²) >= 11 is 0. The summed E-state index contributed by atoms with van der Waals surface area (Å²) in [6.45, 7) is 8.86. The molecule has 0 amide bonds. The summed E-state index contributed by atoms with van der Waals surface area (Å²) in [5, 5.41) is 6.75. The number of benzene rings is 1. The van der Waals surface area contributed by atoms with Gasteiger partial charge in [-0.05, 0) is 44.0 Å². The van der Waals surface area contributed by atoms with Crippen molar-refractivity contribution in [1.29, 1.82) is 0 Å². The zero-order valence-corrected chi connectivity index (χ0v) is 19.7. The van der Waals surface area contributed by atoms with Crippen LogP contribution in [0.25, 0.3) is 0 Å². The van der Waals surface area contributed by atoms with Crippen molar-refractivity contribution in [3.8, 4) is 0 Å². The van der Waals surface area contributed by atoms with Crippen LogP contribution < -0.4 is 10.6 Å². The maximum atomic E-state index is 11.4. The predicted molar refractivity (Wildman–Crippen MR) is 123 cm³/mol. The van der Waals surface area contributed by atoms with E-state index in [1.807, 2.05) is 24.3 Å². The summed E-state index contributed by atoms with van der Waals surface area (Å²) < 4.78 is 22.7. The Balaban J connectivity index is 0.00000364.